The average molecular weight is 1650 g/mol. The van der Waals surface area contributed by atoms with Gasteiger partial charge in [-0.2, -0.15) is 0 Å². The van der Waals surface area contributed by atoms with Gasteiger partial charge in [0, 0.05) is 30.1 Å². The smallest absolute Gasteiger partial charge is 0.146 e. The zero-order chi connectivity index (χ0) is 79.3. The van der Waals surface area contributed by atoms with Crippen LogP contribution in [0.3, 0.4) is 0 Å². The van der Waals surface area contributed by atoms with Crippen LogP contribution >= 0.6 is 105 Å². The molecular formula is C89H113Cl9O9. The maximum absolute atomic E-state index is 9.73. The lowest BCUT2D eigenvalue weighted by Gasteiger charge is -2.22. The Bertz CT molecular complexity index is 3780. The molecule has 586 valence electrons. The van der Waals surface area contributed by atoms with Gasteiger partial charge in [-0.25, -0.2) is 0 Å². The van der Waals surface area contributed by atoms with Gasteiger partial charge in [0.15, 0.2) is 0 Å². The number of phenols is 8. The third-order valence-electron chi connectivity index (χ3n) is 17.3. The number of aryl methyl sites for hydroxylation is 5. The second-order valence-electron chi connectivity index (χ2n) is 26.1. The van der Waals surface area contributed by atoms with Crippen LogP contribution in [-0.2, 0) is 25.7 Å². The van der Waals surface area contributed by atoms with Gasteiger partial charge in [-0.3, -0.25) is 0 Å². The molecule has 9 aromatic rings. The summed E-state index contributed by atoms with van der Waals surface area (Å²) in [6.45, 7) is 14.7. The molecular weight excluding hydrogens is 1530 g/mol. The molecule has 1 atom stereocenters. The van der Waals surface area contributed by atoms with Crippen molar-refractivity contribution < 1.29 is 45.1 Å². The van der Waals surface area contributed by atoms with Crippen LogP contribution in [0.2, 0.25) is 40.2 Å². The molecule has 10 rings (SSSR count). The van der Waals surface area contributed by atoms with E-state index in [2.05, 4.69) is 38.9 Å². The highest BCUT2D eigenvalue weighted by atomic mass is 35.5. The van der Waals surface area contributed by atoms with Gasteiger partial charge in [-0.1, -0.05) is 280 Å². The van der Waals surface area contributed by atoms with Crippen molar-refractivity contribution >= 4 is 105 Å². The minimum atomic E-state index is 0.150. The first-order valence-electron chi connectivity index (χ1n) is 37.4. The molecule has 0 radical (unpaired) electrons. The van der Waals surface area contributed by atoms with E-state index in [0.29, 0.717) is 81.5 Å². The first-order chi connectivity index (χ1) is 51.3. The van der Waals surface area contributed by atoms with E-state index >= 15 is 0 Å². The quantitative estimate of drug-likeness (QED) is 0.0274. The Balaban J connectivity index is 0.000000412. The molecule has 0 aliphatic heterocycles. The topological polar surface area (TPSA) is 171 Å². The summed E-state index contributed by atoms with van der Waals surface area (Å²) in [5.74, 6) is 4.00. The van der Waals surface area contributed by atoms with Crippen molar-refractivity contribution in [1.82, 2.24) is 0 Å². The molecule has 18 heteroatoms. The Labute approximate surface area is 684 Å². The third-order valence-corrected chi connectivity index (χ3v) is 19.9. The monoisotopic (exact) mass is 1640 g/mol. The highest BCUT2D eigenvalue weighted by Gasteiger charge is 2.19. The Hall–Kier alpha value is -6.21. The number of phenolic OH excluding ortho intramolecular Hbond substituents is 8. The van der Waals surface area contributed by atoms with Gasteiger partial charge in [0.2, 0.25) is 0 Å². The number of para-hydroxylation sites is 1. The molecule has 0 bridgehead atoms. The first kappa shape index (κ1) is 96.9. The van der Waals surface area contributed by atoms with Gasteiger partial charge in [-0.05, 0) is 261 Å². The zero-order valence-corrected chi connectivity index (χ0v) is 70.1. The summed E-state index contributed by atoms with van der Waals surface area (Å²) < 4.78 is 4.39. The number of hydrogen-bond acceptors (Lipinski definition) is 9. The summed E-state index contributed by atoms with van der Waals surface area (Å²) in [5, 5.41) is 79.9. The number of rotatable bonds is 24. The molecule has 1 fully saturated rings. The van der Waals surface area contributed by atoms with Crippen molar-refractivity contribution in [2.24, 2.45) is 0 Å². The lowest BCUT2D eigenvalue weighted by atomic mass is 9.84. The number of aromatic hydroxyl groups is 8. The fourth-order valence-electron chi connectivity index (χ4n) is 11.2. The summed E-state index contributed by atoms with van der Waals surface area (Å²) in [6.07, 6.45) is 30.8. The zero-order valence-electron chi connectivity index (χ0n) is 63.2. The SMILES string of the molecule is CCCC(C)c1cc(Cl)ccc1O.CCCCCCCCc1cc(Cl)ccc1O.CCCCCCCc1cc(Cl)ccc1O.CCCCCCc1cc(Cl)ccc1O.CCc1cccc(O)c1Cl.Cc1cccc(O)c1Cl.ClOc1ccccc1.Oc1ccc(Cl)cc1.Oc1ccc(Cl)cc1C1CCCCC1. The number of unbranched alkanes of at least 4 members (excludes halogenated alkanes) is 12. The van der Waals surface area contributed by atoms with E-state index in [1.54, 1.807) is 121 Å². The maximum atomic E-state index is 9.73. The standard InChI is InChI=1S/C14H21ClO.C13H19ClO.C12H15ClO.C12H17ClO.C11H15ClO.C8H9ClO.C7H7ClO.2C6H5ClO/c1-2-3-4-5-6-7-8-12-11-13(15)9-10-14(12)16;1-2-3-4-5-6-7-11-10-12(14)8-9-13(11)15;13-10-6-7-12(14)11(8-10)9-4-2-1-3-5-9;1-2-3-4-5-6-10-9-11(13)7-8-12(10)14;1-3-4-8(2)10-7-9(12)5-6-11(10)13;1-2-6-4-3-5-7(10)8(6)9;1-5-3-2-4-6(9)7(5)8;7-5-1-3-6(8)4-2-5;7-8-6-4-2-1-3-5-6/h9-11,16H,2-8H2,1H3;8-10,15H,2-7H2,1H3;6-9,14H,1-5H2;7-9,14H,2-6H2,1H3;5-8,13H,3-4H2,1-2H3;3-5,10H,2H2,1H3;2-4,9H,1H3;1-4,8H;1-5H. The summed E-state index contributed by atoms with van der Waals surface area (Å²) in [6, 6.07) is 52.3. The molecule has 1 aliphatic rings. The predicted molar refractivity (Wildman–Crippen MR) is 459 cm³/mol. The van der Waals surface area contributed by atoms with E-state index in [-0.39, 0.29) is 17.2 Å². The second-order valence-corrected chi connectivity index (χ2v) is 29.6. The first-order valence-corrected chi connectivity index (χ1v) is 40.7. The largest absolute Gasteiger partial charge is 0.508 e. The summed E-state index contributed by atoms with van der Waals surface area (Å²) >= 11 is 51.3. The van der Waals surface area contributed by atoms with Crippen LogP contribution in [0.25, 0.3) is 0 Å². The van der Waals surface area contributed by atoms with Crippen molar-refractivity contribution in [1.29, 1.82) is 0 Å². The Morgan fingerprint density at radius 3 is 1.15 bits per heavy atom. The Morgan fingerprint density at radius 2 is 0.748 bits per heavy atom. The average Bonchev–Trinajstić information content (AvgIpc) is 0.843. The Kier molecular flexibility index (Phi) is 53.2. The van der Waals surface area contributed by atoms with Gasteiger partial charge < -0.3 is 45.1 Å². The number of hydrogen-bond donors (Lipinski definition) is 8. The Morgan fingerprint density at radius 1 is 0.355 bits per heavy atom. The molecule has 0 aromatic heterocycles. The summed E-state index contributed by atoms with van der Waals surface area (Å²) in [4.78, 5) is 0. The normalized spacial score (nSPS) is 11.4. The molecule has 8 N–H and O–H groups in total. The molecule has 1 unspecified atom stereocenters. The molecule has 0 saturated heterocycles. The van der Waals surface area contributed by atoms with Crippen molar-refractivity contribution in [3.8, 4) is 51.7 Å². The molecule has 107 heavy (non-hydrogen) atoms. The van der Waals surface area contributed by atoms with E-state index in [4.69, 9.17) is 120 Å². The molecule has 9 aromatic carbocycles. The van der Waals surface area contributed by atoms with Crippen molar-refractivity contribution in [3.05, 3.63) is 261 Å². The molecule has 0 amide bonds. The predicted octanol–water partition coefficient (Wildman–Crippen LogP) is 30.9. The van der Waals surface area contributed by atoms with Gasteiger partial charge in [-0.15, -0.1) is 0 Å². The van der Waals surface area contributed by atoms with Crippen LogP contribution in [0.1, 0.15) is 234 Å². The number of halogens is 9. The van der Waals surface area contributed by atoms with Crippen LogP contribution in [0, 0.1) is 6.92 Å². The molecule has 0 heterocycles. The van der Waals surface area contributed by atoms with E-state index in [9.17, 15) is 25.5 Å². The fraction of sp³-hybridized carbons (Fsp3) is 0.393. The molecule has 9 nitrogen and oxygen atoms in total. The van der Waals surface area contributed by atoms with Crippen LogP contribution in [0.5, 0.6) is 51.7 Å². The minimum Gasteiger partial charge on any atom is -0.508 e. The van der Waals surface area contributed by atoms with Gasteiger partial charge >= 0.3 is 0 Å². The van der Waals surface area contributed by atoms with E-state index in [1.807, 2.05) is 74.5 Å². The van der Waals surface area contributed by atoms with Crippen molar-refractivity contribution in [2.75, 3.05) is 0 Å². The van der Waals surface area contributed by atoms with Crippen LogP contribution in [0.15, 0.2) is 182 Å². The lowest BCUT2D eigenvalue weighted by Crippen LogP contribution is -2.04. The summed E-state index contributed by atoms with van der Waals surface area (Å²) in [7, 11) is 0. The van der Waals surface area contributed by atoms with Crippen LogP contribution in [-0.4, -0.2) is 40.9 Å². The molecule has 1 aliphatic carbocycles. The molecule has 1 saturated carbocycles. The minimum absolute atomic E-state index is 0.150. The van der Waals surface area contributed by atoms with Gasteiger partial charge in [0.05, 0.1) is 10.0 Å². The highest BCUT2D eigenvalue weighted by Crippen LogP contribution is 2.39. The number of benzene rings is 9. The molecule has 0 spiro atoms. The van der Waals surface area contributed by atoms with Gasteiger partial charge in [0.25, 0.3) is 0 Å². The maximum Gasteiger partial charge on any atom is 0.146 e. The second kappa shape index (κ2) is 58.7. The summed E-state index contributed by atoms with van der Waals surface area (Å²) in [5.41, 5.74) is 6.79. The highest BCUT2D eigenvalue weighted by molar-refractivity contribution is 6.33. The van der Waals surface area contributed by atoms with E-state index < -0.39 is 0 Å². The van der Waals surface area contributed by atoms with Crippen molar-refractivity contribution in [2.45, 2.75) is 227 Å². The van der Waals surface area contributed by atoms with Gasteiger partial charge in [0.1, 0.15) is 63.6 Å². The van der Waals surface area contributed by atoms with E-state index in [0.717, 1.165) is 102 Å². The fourth-order valence-corrected chi connectivity index (χ4v) is 12.7. The lowest BCUT2D eigenvalue weighted by molar-refractivity contribution is 0.414. The van der Waals surface area contributed by atoms with E-state index in [1.165, 1.54) is 109 Å². The van der Waals surface area contributed by atoms with Crippen molar-refractivity contribution in [3.63, 3.8) is 0 Å². The van der Waals surface area contributed by atoms with Crippen LogP contribution < -0.4 is 4.29 Å². The van der Waals surface area contributed by atoms with Crippen LogP contribution in [0.4, 0.5) is 0 Å². The third kappa shape index (κ3) is 43.1.